The van der Waals surface area contributed by atoms with Crippen molar-refractivity contribution in [2.24, 2.45) is 0 Å². The average Bonchev–Trinajstić information content (AvgIpc) is 2.72. The van der Waals surface area contributed by atoms with Crippen LogP contribution in [0.4, 0.5) is 4.39 Å². The number of carbonyl (C=O) groups excluding carboxylic acids is 2. The Morgan fingerprint density at radius 3 is 2.32 bits per heavy atom. The molecule has 0 saturated heterocycles. The molecule has 0 atom stereocenters. The van der Waals surface area contributed by atoms with E-state index in [1.807, 2.05) is 12.1 Å². The zero-order chi connectivity index (χ0) is 20.1. The predicted octanol–water partition coefficient (Wildman–Crippen LogP) is 2.51. The van der Waals surface area contributed by atoms with Gasteiger partial charge in [-0.05, 0) is 47.4 Å². The second-order valence-corrected chi connectivity index (χ2v) is 6.51. The number of amides is 1. The monoisotopic (exact) mass is 387 g/mol. The van der Waals surface area contributed by atoms with Gasteiger partial charge in [-0.2, -0.15) is 0 Å². The van der Waals surface area contributed by atoms with Crippen LogP contribution in [0.15, 0.2) is 36.4 Å². The summed E-state index contributed by atoms with van der Waals surface area (Å²) in [4.78, 5) is 26.0. The fourth-order valence-corrected chi connectivity index (χ4v) is 3.15. The maximum Gasteiger partial charge on any atom is 0.310 e. The van der Waals surface area contributed by atoms with Gasteiger partial charge in [-0.3, -0.25) is 9.59 Å². The van der Waals surface area contributed by atoms with Gasteiger partial charge in [0.2, 0.25) is 0 Å². The van der Waals surface area contributed by atoms with Gasteiger partial charge in [-0.15, -0.1) is 0 Å². The largest absolute Gasteiger partial charge is 0.493 e. The number of fused-ring (bicyclic) bond motifs is 1. The second kappa shape index (κ2) is 8.73. The van der Waals surface area contributed by atoms with E-state index < -0.39 is 5.97 Å². The highest BCUT2D eigenvalue weighted by atomic mass is 19.1. The average molecular weight is 387 g/mol. The van der Waals surface area contributed by atoms with E-state index in [-0.39, 0.29) is 24.8 Å². The molecule has 28 heavy (non-hydrogen) atoms. The molecule has 3 rings (SSSR count). The Morgan fingerprint density at radius 1 is 1.04 bits per heavy atom. The molecule has 0 bridgehead atoms. The topological polar surface area (TPSA) is 65.1 Å². The Morgan fingerprint density at radius 2 is 1.68 bits per heavy atom. The molecule has 1 aliphatic heterocycles. The SMILES string of the molecule is COc1cc2c(cc1OC)CN(C(=O)COC(=O)Cc1ccc(F)cc1)CC2. The Hall–Kier alpha value is -3.09. The van der Waals surface area contributed by atoms with Gasteiger partial charge >= 0.3 is 5.97 Å². The van der Waals surface area contributed by atoms with Crippen LogP contribution in [0, 0.1) is 5.82 Å². The van der Waals surface area contributed by atoms with Gasteiger partial charge in [0.1, 0.15) is 5.82 Å². The number of ether oxygens (including phenoxy) is 3. The zero-order valence-electron chi connectivity index (χ0n) is 15.9. The molecule has 0 spiro atoms. The number of benzene rings is 2. The lowest BCUT2D eigenvalue weighted by Crippen LogP contribution is -2.38. The van der Waals surface area contributed by atoms with Crippen LogP contribution >= 0.6 is 0 Å². The van der Waals surface area contributed by atoms with Gasteiger partial charge in [0.05, 0.1) is 20.6 Å². The summed E-state index contributed by atoms with van der Waals surface area (Å²) in [6, 6.07) is 9.39. The number of hydrogen-bond acceptors (Lipinski definition) is 5. The van der Waals surface area contributed by atoms with Crippen molar-refractivity contribution in [1.82, 2.24) is 4.90 Å². The smallest absolute Gasteiger partial charge is 0.310 e. The summed E-state index contributed by atoms with van der Waals surface area (Å²) in [5, 5.41) is 0. The first kappa shape index (κ1) is 19.7. The van der Waals surface area contributed by atoms with Crippen LogP contribution in [0.2, 0.25) is 0 Å². The van der Waals surface area contributed by atoms with E-state index in [0.29, 0.717) is 36.6 Å². The molecule has 0 aromatic heterocycles. The van der Waals surface area contributed by atoms with E-state index in [1.54, 1.807) is 19.1 Å². The zero-order valence-corrected chi connectivity index (χ0v) is 15.9. The lowest BCUT2D eigenvalue weighted by molar-refractivity contribution is -0.151. The molecule has 1 heterocycles. The number of halogens is 1. The van der Waals surface area contributed by atoms with Gasteiger partial charge in [-0.25, -0.2) is 4.39 Å². The molecule has 2 aromatic carbocycles. The van der Waals surface area contributed by atoms with Crippen molar-refractivity contribution in [2.75, 3.05) is 27.4 Å². The summed E-state index contributed by atoms with van der Waals surface area (Å²) >= 11 is 0. The van der Waals surface area contributed by atoms with Crippen molar-refractivity contribution in [1.29, 1.82) is 0 Å². The van der Waals surface area contributed by atoms with Crippen molar-refractivity contribution in [2.45, 2.75) is 19.4 Å². The minimum absolute atomic E-state index is 0.00656. The molecule has 0 fully saturated rings. The van der Waals surface area contributed by atoms with Crippen molar-refractivity contribution in [3.63, 3.8) is 0 Å². The van der Waals surface area contributed by atoms with E-state index in [2.05, 4.69) is 0 Å². The van der Waals surface area contributed by atoms with Gasteiger partial charge < -0.3 is 19.1 Å². The molecule has 0 N–H and O–H groups in total. The van der Waals surface area contributed by atoms with Gasteiger partial charge in [0.15, 0.2) is 18.1 Å². The third-order valence-electron chi connectivity index (χ3n) is 4.69. The lowest BCUT2D eigenvalue weighted by atomic mass is 9.99. The van der Waals surface area contributed by atoms with E-state index in [1.165, 1.54) is 24.3 Å². The van der Waals surface area contributed by atoms with Crippen molar-refractivity contribution in [3.8, 4) is 11.5 Å². The molecular weight excluding hydrogens is 365 g/mol. The molecule has 1 aliphatic rings. The number of methoxy groups -OCH3 is 2. The van der Waals surface area contributed by atoms with Crippen LogP contribution in [0.3, 0.4) is 0 Å². The maximum atomic E-state index is 12.9. The van der Waals surface area contributed by atoms with Crippen molar-refractivity contribution in [3.05, 3.63) is 58.9 Å². The molecule has 0 unspecified atom stereocenters. The van der Waals surface area contributed by atoms with Crippen LogP contribution in [0.5, 0.6) is 11.5 Å². The van der Waals surface area contributed by atoms with E-state index >= 15 is 0 Å². The van der Waals surface area contributed by atoms with Crippen LogP contribution in [-0.4, -0.2) is 44.1 Å². The number of nitrogens with zero attached hydrogens (tertiary/aromatic N) is 1. The third-order valence-corrected chi connectivity index (χ3v) is 4.69. The first-order chi connectivity index (χ1) is 13.5. The van der Waals surface area contributed by atoms with Gasteiger partial charge in [0.25, 0.3) is 5.91 Å². The molecular formula is C21H22FNO5. The number of rotatable bonds is 6. The molecule has 7 heteroatoms. The quantitative estimate of drug-likeness (QED) is 0.713. The predicted molar refractivity (Wildman–Crippen MR) is 99.7 cm³/mol. The Balaban J connectivity index is 1.55. The van der Waals surface area contributed by atoms with E-state index in [0.717, 1.165) is 11.1 Å². The lowest BCUT2D eigenvalue weighted by Gasteiger charge is -2.29. The summed E-state index contributed by atoms with van der Waals surface area (Å²) in [6.45, 7) is 0.642. The molecule has 148 valence electrons. The fourth-order valence-electron chi connectivity index (χ4n) is 3.15. The molecule has 0 radical (unpaired) electrons. The summed E-state index contributed by atoms with van der Waals surface area (Å²) < 4.78 is 28.6. The number of hydrogen-bond donors (Lipinski definition) is 0. The molecule has 0 saturated carbocycles. The third kappa shape index (κ3) is 4.60. The standard InChI is InChI=1S/C21H22FNO5/c1-26-18-10-15-7-8-23(12-16(15)11-19(18)27-2)20(24)13-28-21(25)9-14-3-5-17(22)6-4-14/h3-6,10-11H,7-9,12-13H2,1-2H3. The minimum Gasteiger partial charge on any atom is -0.493 e. The highest BCUT2D eigenvalue weighted by molar-refractivity contribution is 5.81. The first-order valence-electron chi connectivity index (χ1n) is 8.91. The maximum absolute atomic E-state index is 12.9. The van der Waals surface area contributed by atoms with Crippen LogP contribution in [0.25, 0.3) is 0 Å². The van der Waals surface area contributed by atoms with E-state index in [4.69, 9.17) is 14.2 Å². The van der Waals surface area contributed by atoms with E-state index in [9.17, 15) is 14.0 Å². The summed E-state index contributed by atoms with van der Waals surface area (Å²) in [5.41, 5.74) is 2.72. The summed E-state index contributed by atoms with van der Waals surface area (Å²) in [5.74, 6) is 0.126. The normalized spacial score (nSPS) is 12.9. The number of esters is 1. The Bertz CT molecular complexity index is 866. The molecule has 2 aromatic rings. The Labute approximate surface area is 162 Å². The van der Waals surface area contributed by atoms with Gasteiger partial charge in [0, 0.05) is 13.1 Å². The van der Waals surface area contributed by atoms with Crippen LogP contribution < -0.4 is 9.47 Å². The van der Waals surface area contributed by atoms with Crippen molar-refractivity contribution < 1.29 is 28.2 Å². The van der Waals surface area contributed by atoms with Crippen LogP contribution in [-0.2, 0) is 33.7 Å². The molecule has 0 aliphatic carbocycles. The number of carbonyl (C=O) groups is 2. The van der Waals surface area contributed by atoms with Gasteiger partial charge in [-0.1, -0.05) is 12.1 Å². The van der Waals surface area contributed by atoms with Crippen molar-refractivity contribution >= 4 is 11.9 Å². The summed E-state index contributed by atoms with van der Waals surface area (Å²) in [7, 11) is 3.15. The minimum atomic E-state index is -0.524. The van der Waals surface area contributed by atoms with Crippen LogP contribution in [0.1, 0.15) is 16.7 Å². The fraction of sp³-hybridized carbons (Fsp3) is 0.333. The molecule has 6 nitrogen and oxygen atoms in total. The molecule has 1 amide bonds. The highest BCUT2D eigenvalue weighted by Gasteiger charge is 2.23. The second-order valence-electron chi connectivity index (χ2n) is 6.51. The Kier molecular flexibility index (Phi) is 6.13. The highest BCUT2D eigenvalue weighted by Crippen LogP contribution is 2.33. The first-order valence-corrected chi connectivity index (χ1v) is 8.91. The summed E-state index contributed by atoms with van der Waals surface area (Å²) in [6.07, 6.45) is 0.679.